The third-order valence-corrected chi connectivity index (χ3v) is 5.09. The fraction of sp³-hybridized carbons (Fsp3) is 0.471. The molecule has 1 spiro atoms. The fourth-order valence-corrected chi connectivity index (χ4v) is 3.96. The second-order valence-corrected chi connectivity index (χ2v) is 6.13. The number of aromatic nitrogens is 1. The molecule has 5 heteroatoms. The third kappa shape index (κ3) is 1.89. The molecule has 1 N–H and O–H groups in total. The van der Waals surface area contributed by atoms with Gasteiger partial charge >= 0.3 is 0 Å². The number of ether oxygens (including phenoxy) is 2. The zero-order chi connectivity index (χ0) is 15.2. The van der Waals surface area contributed by atoms with Crippen LogP contribution in [-0.4, -0.2) is 41.8 Å². The van der Waals surface area contributed by atoms with Gasteiger partial charge in [-0.25, -0.2) is 0 Å². The van der Waals surface area contributed by atoms with E-state index in [2.05, 4.69) is 24.0 Å². The van der Waals surface area contributed by atoms with Gasteiger partial charge in [0.2, 0.25) is 6.41 Å². The van der Waals surface area contributed by atoms with Gasteiger partial charge in [0.15, 0.2) is 5.79 Å². The topological polar surface area (TPSA) is 54.6 Å². The van der Waals surface area contributed by atoms with E-state index >= 15 is 0 Å². The molecule has 2 aliphatic rings. The van der Waals surface area contributed by atoms with Crippen LogP contribution in [0.5, 0.6) is 0 Å². The van der Waals surface area contributed by atoms with Crippen LogP contribution in [0.2, 0.25) is 0 Å². The lowest BCUT2D eigenvalue weighted by molar-refractivity contribution is -0.229. The summed E-state index contributed by atoms with van der Waals surface area (Å²) in [7, 11) is 0. The van der Waals surface area contributed by atoms with Gasteiger partial charge in [0, 0.05) is 41.5 Å². The maximum atomic E-state index is 11.6. The molecular weight excluding hydrogens is 280 g/mol. The van der Waals surface area contributed by atoms with Crippen LogP contribution in [0.25, 0.3) is 10.9 Å². The van der Waals surface area contributed by atoms with Crippen LogP contribution in [0.1, 0.15) is 24.9 Å². The highest BCUT2D eigenvalue weighted by molar-refractivity contribution is 5.84. The van der Waals surface area contributed by atoms with Gasteiger partial charge in [0.05, 0.1) is 19.3 Å². The van der Waals surface area contributed by atoms with E-state index in [1.54, 1.807) is 0 Å². The number of carbonyl (C=O) groups excluding carboxylic acids is 1. The van der Waals surface area contributed by atoms with E-state index in [4.69, 9.17) is 9.47 Å². The number of nitrogens with zero attached hydrogens (tertiary/aromatic N) is 1. The van der Waals surface area contributed by atoms with Crippen molar-refractivity contribution in [1.82, 2.24) is 9.88 Å². The number of H-pyrrole nitrogens is 1. The summed E-state index contributed by atoms with van der Waals surface area (Å²) in [5.41, 5.74) is 2.22. The Balaban J connectivity index is 1.80. The van der Waals surface area contributed by atoms with Crippen LogP contribution in [0.4, 0.5) is 0 Å². The summed E-state index contributed by atoms with van der Waals surface area (Å²) >= 11 is 0. The first-order chi connectivity index (χ1) is 10.7. The lowest BCUT2D eigenvalue weighted by atomic mass is 9.81. The van der Waals surface area contributed by atoms with Crippen molar-refractivity contribution in [1.29, 1.82) is 0 Å². The summed E-state index contributed by atoms with van der Waals surface area (Å²) in [4.78, 5) is 16.8. The van der Waals surface area contributed by atoms with Crippen molar-refractivity contribution >= 4 is 17.3 Å². The lowest BCUT2D eigenvalue weighted by Gasteiger charge is -2.47. The smallest absolute Gasteiger partial charge is 0.210 e. The number of carbonyl (C=O) groups is 1. The second-order valence-electron chi connectivity index (χ2n) is 6.13. The Kier molecular flexibility index (Phi) is 3.20. The second kappa shape index (κ2) is 5.11. The van der Waals surface area contributed by atoms with Gasteiger partial charge in [0.25, 0.3) is 0 Å². The number of amides is 1. The van der Waals surface area contributed by atoms with E-state index < -0.39 is 5.79 Å². The van der Waals surface area contributed by atoms with Crippen LogP contribution in [0.3, 0.4) is 0 Å². The molecule has 22 heavy (non-hydrogen) atoms. The number of fused-ring (bicyclic) bond motifs is 1. The molecule has 0 unspecified atom stereocenters. The first kappa shape index (κ1) is 13.8. The van der Waals surface area contributed by atoms with Gasteiger partial charge in [-0.2, -0.15) is 0 Å². The normalized spacial score (nSPS) is 27.6. The largest absolute Gasteiger partial charge is 0.361 e. The number of hydrogen-bond acceptors (Lipinski definition) is 3. The van der Waals surface area contributed by atoms with E-state index in [9.17, 15) is 4.79 Å². The van der Waals surface area contributed by atoms with Crippen molar-refractivity contribution in [3.8, 4) is 0 Å². The molecule has 2 saturated heterocycles. The first-order valence-corrected chi connectivity index (χ1v) is 7.80. The van der Waals surface area contributed by atoms with Crippen molar-refractivity contribution in [2.45, 2.75) is 25.2 Å². The Bertz CT molecular complexity index is 690. The number of hydrogen-bond donors (Lipinski definition) is 1. The Morgan fingerprint density at radius 1 is 1.32 bits per heavy atom. The number of rotatable bonds is 2. The van der Waals surface area contributed by atoms with Crippen LogP contribution in [0, 0.1) is 5.92 Å². The summed E-state index contributed by atoms with van der Waals surface area (Å²) < 4.78 is 11.9. The molecule has 0 saturated carbocycles. The van der Waals surface area contributed by atoms with Gasteiger partial charge in [0.1, 0.15) is 0 Å². The number of aromatic amines is 1. The Hall–Kier alpha value is -1.85. The van der Waals surface area contributed by atoms with Crippen LogP contribution in [0.15, 0.2) is 30.5 Å². The van der Waals surface area contributed by atoms with Crippen molar-refractivity contribution in [2.24, 2.45) is 5.92 Å². The molecule has 116 valence electrons. The van der Waals surface area contributed by atoms with E-state index in [1.165, 1.54) is 0 Å². The molecule has 0 bridgehead atoms. The highest BCUT2D eigenvalue weighted by atomic mass is 16.7. The third-order valence-electron chi connectivity index (χ3n) is 5.09. The van der Waals surface area contributed by atoms with Gasteiger partial charge in [-0.1, -0.05) is 25.1 Å². The number of benzene rings is 1. The molecule has 0 radical (unpaired) electrons. The maximum absolute atomic E-state index is 11.6. The molecule has 2 fully saturated rings. The van der Waals surface area contributed by atoms with Crippen molar-refractivity contribution in [3.63, 3.8) is 0 Å². The van der Waals surface area contributed by atoms with E-state index in [-0.39, 0.29) is 12.0 Å². The standard InChI is InChI=1S/C17H20N2O3/c1-12-16(14-10-18-15-5-3-2-4-13(14)15)19(11-20)7-6-17(12)21-8-9-22-17/h2-5,10-12,16,18H,6-9H2,1H3/t12-,16+/m1/s1. The number of likely N-dealkylation sites (tertiary alicyclic amines) is 1. The van der Waals surface area contributed by atoms with Crippen molar-refractivity contribution in [2.75, 3.05) is 19.8 Å². The zero-order valence-corrected chi connectivity index (χ0v) is 12.6. The highest BCUT2D eigenvalue weighted by Gasteiger charge is 2.51. The highest BCUT2D eigenvalue weighted by Crippen LogP contribution is 2.46. The van der Waals surface area contributed by atoms with Crippen molar-refractivity contribution in [3.05, 3.63) is 36.0 Å². The minimum atomic E-state index is -0.553. The van der Waals surface area contributed by atoms with E-state index in [0.717, 1.165) is 29.3 Å². The van der Waals surface area contributed by atoms with Gasteiger partial charge in [-0.15, -0.1) is 0 Å². The molecule has 2 aliphatic heterocycles. The first-order valence-electron chi connectivity index (χ1n) is 7.80. The van der Waals surface area contributed by atoms with Gasteiger partial charge in [-0.05, 0) is 6.07 Å². The van der Waals surface area contributed by atoms with E-state index in [0.29, 0.717) is 19.8 Å². The maximum Gasteiger partial charge on any atom is 0.210 e. The summed E-state index contributed by atoms with van der Waals surface area (Å²) in [5, 5.41) is 1.15. The predicted molar refractivity (Wildman–Crippen MR) is 82.2 cm³/mol. The van der Waals surface area contributed by atoms with E-state index in [1.807, 2.05) is 23.2 Å². The minimum Gasteiger partial charge on any atom is -0.361 e. The molecule has 1 aromatic heterocycles. The molecule has 3 heterocycles. The summed E-state index contributed by atoms with van der Waals surface area (Å²) in [5.74, 6) is -0.476. The predicted octanol–water partition coefficient (Wildman–Crippen LogP) is 2.45. The monoisotopic (exact) mass is 300 g/mol. The average molecular weight is 300 g/mol. The average Bonchev–Trinajstić information content (AvgIpc) is 3.18. The number of piperidine rings is 1. The Labute approximate surface area is 129 Å². The Morgan fingerprint density at radius 3 is 2.86 bits per heavy atom. The molecule has 0 aliphatic carbocycles. The van der Waals surface area contributed by atoms with Crippen LogP contribution < -0.4 is 0 Å². The molecule has 5 nitrogen and oxygen atoms in total. The molecule has 2 atom stereocenters. The minimum absolute atomic E-state index is 0.0412. The fourth-order valence-electron chi connectivity index (χ4n) is 3.96. The SMILES string of the molecule is C[C@@H]1[C@@H](c2c[nH]c3ccccc23)N(C=O)CCC12OCCO2. The zero-order valence-electron chi connectivity index (χ0n) is 12.6. The number of nitrogens with one attached hydrogen (secondary N) is 1. The summed E-state index contributed by atoms with van der Waals surface area (Å²) in [6, 6.07) is 8.14. The molecule has 4 rings (SSSR count). The molecule has 1 aromatic carbocycles. The Morgan fingerprint density at radius 2 is 2.09 bits per heavy atom. The molecular formula is C17H20N2O3. The quantitative estimate of drug-likeness (QED) is 0.867. The number of para-hydroxylation sites is 1. The molecule has 1 amide bonds. The molecule has 2 aromatic rings. The summed E-state index contributed by atoms with van der Waals surface area (Å²) in [6.45, 7) is 4.03. The van der Waals surface area contributed by atoms with Gasteiger partial charge < -0.3 is 19.4 Å². The summed E-state index contributed by atoms with van der Waals surface area (Å²) in [6.07, 6.45) is 3.69. The van der Waals surface area contributed by atoms with Gasteiger partial charge in [-0.3, -0.25) is 4.79 Å². The van der Waals surface area contributed by atoms with Crippen molar-refractivity contribution < 1.29 is 14.3 Å². The lowest BCUT2D eigenvalue weighted by Crippen LogP contribution is -2.52. The van der Waals surface area contributed by atoms with Crippen LogP contribution >= 0.6 is 0 Å². The van der Waals surface area contributed by atoms with Crippen LogP contribution in [-0.2, 0) is 14.3 Å².